The van der Waals surface area contributed by atoms with Gasteiger partial charge in [-0.15, -0.1) is 0 Å². The number of rotatable bonds is 6. The average molecular weight is 385 g/mol. The highest BCUT2D eigenvalue weighted by Gasteiger charge is 2.24. The highest BCUT2D eigenvalue weighted by atomic mass is 35.5. The summed E-state index contributed by atoms with van der Waals surface area (Å²) in [6.07, 6.45) is 0. The lowest BCUT2D eigenvalue weighted by atomic mass is 10.1. The van der Waals surface area contributed by atoms with Crippen molar-refractivity contribution in [3.05, 3.63) is 61.6 Å². The Morgan fingerprint density at radius 2 is 1.80 bits per heavy atom. The van der Waals surface area contributed by atoms with E-state index < -0.39 is 16.5 Å². The monoisotopic (exact) mass is 384 g/mol. The van der Waals surface area contributed by atoms with Crippen molar-refractivity contribution in [2.24, 2.45) is 0 Å². The maximum Gasteiger partial charge on any atom is 0.286 e. The molecule has 0 saturated carbocycles. The molecule has 0 unspecified atom stereocenters. The van der Waals surface area contributed by atoms with Crippen molar-refractivity contribution in [1.29, 1.82) is 0 Å². The Hall–Kier alpha value is -2.51. The summed E-state index contributed by atoms with van der Waals surface area (Å²) in [5, 5.41) is 14.7. The Kier molecular flexibility index (Phi) is 6.06. The molecular weight excluding hydrogens is 371 g/mol. The minimum atomic E-state index is -0.661. The highest BCUT2D eigenvalue weighted by molar-refractivity contribution is 6.35. The van der Waals surface area contributed by atoms with Gasteiger partial charge >= 0.3 is 0 Å². The highest BCUT2D eigenvalue weighted by Crippen LogP contribution is 2.34. The number of amides is 1. The van der Waals surface area contributed by atoms with Crippen LogP contribution in [0.1, 0.15) is 15.9 Å². The number of benzene rings is 2. The van der Waals surface area contributed by atoms with Gasteiger partial charge in [-0.1, -0.05) is 29.3 Å². The van der Waals surface area contributed by atoms with Gasteiger partial charge in [0.25, 0.3) is 11.6 Å². The van der Waals surface area contributed by atoms with E-state index in [-0.39, 0.29) is 23.6 Å². The summed E-state index contributed by atoms with van der Waals surface area (Å²) in [7, 11) is 2.72. The Bertz CT molecular complexity index is 826. The third-order valence-corrected chi connectivity index (χ3v) is 3.98. The smallest absolute Gasteiger partial charge is 0.286 e. The Labute approximate surface area is 153 Å². The lowest BCUT2D eigenvalue weighted by molar-refractivity contribution is -0.385. The van der Waals surface area contributed by atoms with Crippen LogP contribution in [-0.2, 0) is 6.54 Å². The molecule has 9 heteroatoms. The molecule has 0 aliphatic carbocycles. The van der Waals surface area contributed by atoms with Gasteiger partial charge in [0.2, 0.25) is 0 Å². The molecule has 0 bridgehead atoms. The van der Waals surface area contributed by atoms with Gasteiger partial charge < -0.3 is 14.8 Å². The average Bonchev–Trinajstić information content (AvgIpc) is 2.59. The zero-order chi connectivity index (χ0) is 18.6. The molecule has 0 radical (unpaired) electrons. The number of nitrogens with zero attached hydrogens (tertiary/aromatic N) is 1. The molecule has 0 heterocycles. The van der Waals surface area contributed by atoms with Gasteiger partial charge in [-0.05, 0) is 17.7 Å². The lowest BCUT2D eigenvalue weighted by Gasteiger charge is -2.11. The van der Waals surface area contributed by atoms with E-state index in [0.717, 1.165) is 6.07 Å². The summed E-state index contributed by atoms with van der Waals surface area (Å²) >= 11 is 11.9. The van der Waals surface area contributed by atoms with E-state index in [2.05, 4.69) is 5.32 Å². The van der Waals surface area contributed by atoms with E-state index in [9.17, 15) is 14.9 Å². The van der Waals surface area contributed by atoms with E-state index in [4.69, 9.17) is 32.7 Å². The molecule has 0 spiro atoms. The molecular formula is C16H14Cl2N2O5. The van der Waals surface area contributed by atoms with Gasteiger partial charge in [-0.25, -0.2) is 0 Å². The number of halogens is 2. The van der Waals surface area contributed by atoms with Crippen molar-refractivity contribution in [3.8, 4) is 11.5 Å². The summed E-state index contributed by atoms with van der Waals surface area (Å²) < 4.78 is 10.1. The molecule has 1 N–H and O–H groups in total. The number of nitro groups is 1. The fraction of sp³-hybridized carbons (Fsp3) is 0.188. The van der Waals surface area contributed by atoms with Crippen LogP contribution in [-0.4, -0.2) is 25.1 Å². The van der Waals surface area contributed by atoms with E-state index in [1.54, 1.807) is 18.2 Å². The van der Waals surface area contributed by atoms with Crippen LogP contribution in [0.3, 0.4) is 0 Å². The zero-order valence-corrected chi connectivity index (χ0v) is 14.9. The van der Waals surface area contributed by atoms with E-state index >= 15 is 0 Å². The normalized spacial score (nSPS) is 10.2. The van der Waals surface area contributed by atoms with Crippen molar-refractivity contribution < 1.29 is 19.2 Å². The topological polar surface area (TPSA) is 90.7 Å². The number of hydrogen-bond acceptors (Lipinski definition) is 5. The van der Waals surface area contributed by atoms with E-state index in [1.807, 2.05) is 0 Å². The third kappa shape index (κ3) is 4.32. The second-order valence-corrected chi connectivity index (χ2v) is 5.74. The summed E-state index contributed by atoms with van der Waals surface area (Å²) in [5.41, 5.74) is 0.0904. The molecule has 25 heavy (non-hydrogen) atoms. The first-order valence-corrected chi connectivity index (χ1v) is 7.75. The summed E-state index contributed by atoms with van der Waals surface area (Å²) in [4.78, 5) is 23.0. The SMILES string of the molecule is COc1cc(C(=O)NCc2ccc(Cl)cc2Cl)c([N+](=O)[O-])cc1OC. The molecule has 0 aliphatic heterocycles. The third-order valence-electron chi connectivity index (χ3n) is 3.40. The predicted octanol–water partition coefficient (Wildman–Crippen LogP) is 3.85. The number of nitro benzene ring substituents is 1. The first-order valence-electron chi connectivity index (χ1n) is 7.00. The van der Waals surface area contributed by atoms with E-state index in [0.29, 0.717) is 15.6 Å². The van der Waals surface area contributed by atoms with Crippen LogP contribution in [0.5, 0.6) is 11.5 Å². The molecule has 0 aromatic heterocycles. The van der Waals surface area contributed by atoms with Crippen LogP contribution in [0.4, 0.5) is 5.69 Å². The summed E-state index contributed by atoms with van der Waals surface area (Å²) in [6, 6.07) is 7.24. The molecule has 132 valence electrons. The first kappa shape index (κ1) is 18.8. The Morgan fingerprint density at radius 1 is 1.16 bits per heavy atom. The van der Waals surface area contributed by atoms with Crippen molar-refractivity contribution >= 4 is 34.8 Å². The number of carbonyl (C=O) groups excluding carboxylic acids is 1. The predicted molar refractivity (Wildman–Crippen MR) is 93.8 cm³/mol. The van der Waals surface area contributed by atoms with Gasteiger partial charge in [0.05, 0.1) is 25.2 Å². The van der Waals surface area contributed by atoms with Crippen LogP contribution >= 0.6 is 23.2 Å². The van der Waals surface area contributed by atoms with Gasteiger partial charge in [-0.3, -0.25) is 14.9 Å². The number of hydrogen-bond donors (Lipinski definition) is 1. The van der Waals surface area contributed by atoms with Crippen molar-refractivity contribution in [2.75, 3.05) is 14.2 Å². The molecule has 0 saturated heterocycles. The second kappa shape index (κ2) is 8.04. The fourth-order valence-electron chi connectivity index (χ4n) is 2.14. The molecule has 0 aliphatic rings. The molecule has 0 fully saturated rings. The zero-order valence-electron chi connectivity index (χ0n) is 13.3. The van der Waals surface area contributed by atoms with Gasteiger partial charge in [-0.2, -0.15) is 0 Å². The van der Waals surface area contributed by atoms with Crippen molar-refractivity contribution in [2.45, 2.75) is 6.54 Å². The minimum absolute atomic E-state index is 0.0837. The van der Waals surface area contributed by atoms with Crippen LogP contribution in [0.15, 0.2) is 30.3 Å². The fourth-order valence-corrected chi connectivity index (χ4v) is 2.61. The van der Waals surface area contributed by atoms with Crippen LogP contribution in [0.2, 0.25) is 10.0 Å². The maximum atomic E-state index is 12.4. The van der Waals surface area contributed by atoms with Crippen LogP contribution in [0, 0.1) is 10.1 Å². The van der Waals surface area contributed by atoms with Gasteiger partial charge in [0, 0.05) is 22.7 Å². The maximum absolute atomic E-state index is 12.4. The number of nitrogens with one attached hydrogen (secondary N) is 1. The van der Waals surface area contributed by atoms with Crippen LogP contribution < -0.4 is 14.8 Å². The number of ether oxygens (including phenoxy) is 2. The largest absolute Gasteiger partial charge is 0.493 e. The van der Waals surface area contributed by atoms with E-state index in [1.165, 1.54) is 20.3 Å². The molecule has 1 amide bonds. The first-order chi connectivity index (χ1) is 11.9. The van der Waals surface area contributed by atoms with Crippen molar-refractivity contribution in [3.63, 3.8) is 0 Å². The molecule has 0 atom stereocenters. The molecule has 7 nitrogen and oxygen atoms in total. The Balaban J connectivity index is 2.29. The molecule has 2 aromatic carbocycles. The molecule has 2 rings (SSSR count). The number of methoxy groups -OCH3 is 2. The van der Waals surface area contributed by atoms with Crippen molar-refractivity contribution in [1.82, 2.24) is 5.32 Å². The summed E-state index contributed by atoms with van der Waals surface area (Å²) in [6.45, 7) is 0.0837. The van der Waals surface area contributed by atoms with Gasteiger partial charge in [0.1, 0.15) is 5.56 Å². The minimum Gasteiger partial charge on any atom is -0.493 e. The quantitative estimate of drug-likeness (QED) is 0.603. The standard InChI is InChI=1S/C16H14Cl2N2O5/c1-24-14-6-11(13(20(22)23)7-15(14)25-2)16(21)19-8-9-3-4-10(17)5-12(9)18/h3-7H,8H2,1-2H3,(H,19,21). The Morgan fingerprint density at radius 3 is 2.36 bits per heavy atom. The van der Waals surface area contributed by atoms with Gasteiger partial charge in [0.15, 0.2) is 11.5 Å². The van der Waals surface area contributed by atoms with Crippen LogP contribution in [0.25, 0.3) is 0 Å². The lowest BCUT2D eigenvalue weighted by Crippen LogP contribution is -2.24. The molecule has 2 aromatic rings. The number of carbonyl (C=O) groups is 1. The summed E-state index contributed by atoms with van der Waals surface area (Å²) in [5.74, 6) is -0.270. The second-order valence-electron chi connectivity index (χ2n) is 4.90.